The molecule has 1 atom stereocenters. The summed E-state index contributed by atoms with van der Waals surface area (Å²) in [5.41, 5.74) is 0.694. The van der Waals surface area contributed by atoms with E-state index >= 15 is 0 Å². The van der Waals surface area contributed by atoms with E-state index in [-0.39, 0.29) is 11.5 Å². The van der Waals surface area contributed by atoms with Crippen LogP contribution in [0.15, 0.2) is 22.7 Å². The molecule has 0 spiro atoms. The molecular formula is C12H16BrNO4S. The number of methoxy groups -OCH3 is 1. The summed E-state index contributed by atoms with van der Waals surface area (Å²) >= 11 is 3.35. The van der Waals surface area contributed by atoms with Crippen molar-refractivity contribution in [3.63, 3.8) is 0 Å². The van der Waals surface area contributed by atoms with Gasteiger partial charge in [0.1, 0.15) is 12.0 Å². The molecule has 0 bridgehead atoms. The van der Waals surface area contributed by atoms with Crippen LogP contribution in [0, 0.1) is 0 Å². The second-order valence-electron chi connectivity index (χ2n) is 4.46. The summed E-state index contributed by atoms with van der Waals surface area (Å²) in [6.07, 6.45) is -0.808. The first-order valence-corrected chi connectivity index (χ1v) is 8.50. The summed E-state index contributed by atoms with van der Waals surface area (Å²) in [5.74, 6) is 0.830. The highest BCUT2D eigenvalue weighted by molar-refractivity contribution is 9.10. The van der Waals surface area contributed by atoms with Crippen LogP contribution in [-0.2, 0) is 9.84 Å². The fourth-order valence-electron chi connectivity index (χ4n) is 2.02. The molecule has 0 radical (unpaired) electrons. The van der Waals surface area contributed by atoms with Gasteiger partial charge in [0.15, 0.2) is 9.84 Å². The topological polar surface area (TPSA) is 66.8 Å². The lowest BCUT2D eigenvalue weighted by Crippen LogP contribution is -2.42. The predicted molar refractivity (Wildman–Crippen MR) is 75.9 cm³/mol. The molecule has 1 aliphatic heterocycles. The summed E-state index contributed by atoms with van der Waals surface area (Å²) < 4.78 is 28.7. The SMILES string of the molecule is COc1cc(C(O)N2CCS(=O)(=O)CC2)ccc1Br. The Labute approximate surface area is 121 Å². The molecule has 19 heavy (non-hydrogen) atoms. The standard InChI is InChI=1S/C12H16BrNO4S/c1-18-11-8-9(2-3-10(11)13)12(15)14-4-6-19(16,17)7-5-14/h2-3,8,12,15H,4-7H2,1H3. The highest BCUT2D eigenvalue weighted by Gasteiger charge is 2.27. The smallest absolute Gasteiger partial charge is 0.152 e. The number of ether oxygens (including phenoxy) is 1. The van der Waals surface area contributed by atoms with Crippen LogP contribution >= 0.6 is 15.9 Å². The third kappa shape index (κ3) is 3.47. The zero-order valence-electron chi connectivity index (χ0n) is 10.5. The van der Waals surface area contributed by atoms with Crippen molar-refractivity contribution < 1.29 is 18.3 Å². The molecule has 5 nitrogen and oxygen atoms in total. The third-order valence-corrected chi connectivity index (χ3v) is 5.46. The molecular weight excluding hydrogens is 334 g/mol. The van der Waals surface area contributed by atoms with Crippen LogP contribution in [-0.4, -0.2) is 50.1 Å². The van der Waals surface area contributed by atoms with Crippen LogP contribution < -0.4 is 4.74 Å². The van der Waals surface area contributed by atoms with Gasteiger partial charge in [0.2, 0.25) is 0 Å². The van der Waals surface area contributed by atoms with E-state index in [1.807, 2.05) is 0 Å². The van der Waals surface area contributed by atoms with E-state index in [2.05, 4.69) is 15.9 Å². The lowest BCUT2D eigenvalue weighted by Gasteiger charge is -2.31. The number of hydrogen-bond donors (Lipinski definition) is 1. The molecule has 1 fully saturated rings. The molecule has 0 aromatic heterocycles. The van der Waals surface area contributed by atoms with E-state index in [1.165, 1.54) is 0 Å². The number of aliphatic hydroxyl groups is 1. The minimum Gasteiger partial charge on any atom is -0.496 e. The fraction of sp³-hybridized carbons (Fsp3) is 0.500. The predicted octanol–water partition coefficient (Wildman–Crippen LogP) is 1.18. The van der Waals surface area contributed by atoms with E-state index in [0.29, 0.717) is 24.4 Å². The van der Waals surface area contributed by atoms with Gasteiger partial charge in [-0.15, -0.1) is 0 Å². The van der Waals surface area contributed by atoms with Gasteiger partial charge >= 0.3 is 0 Å². The van der Waals surface area contributed by atoms with E-state index in [1.54, 1.807) is 30.2 Å². The normalized spacial score (nSPS) is 21.0. The summed E-state index contributed by atoms with van der Waals surface area (Å²) in [6, 6.07) is 5.34. The van der Waals surface area contributed by atoms with Crippen LogP contribution in [0.4, 0.5) is 0 Å². The average Bonchev–Trinajstić information content (AvgIpc) is 2.38. The molecule has 1 aromatic rings. The molecule has 1 N–H and O–H groups in total. The Bertz CT molecular complexity index is 547. The summed E-state index contributed by atoms with van der Waals surface area (Å²) in [7, 11) is -1.38. The fourth-order valence-corrected chi connectivity index (χ4v) is 3.66. The zero-order chi connectivity index (χ0) is 14.0. The molecule has 1 saturated heterocycles. The number of sulfone groups is 1. The van der Waals surface area contributed by atoms with Crippen molar-refractivity contribution in [1.82, 2.24) is 4.90 Å². The summed E-state index contributed by atoms with van der Waals surface area (Å²) in [6.45, 7) is 0.698. The molecule has 7 heteroatoms. The molecule has 0 amide bonds. The molecule has 1 aromatic carbocycles. The van der Waals surface area contributed by atoms with E-state index < -0.39 is 16.1 Å². The van der Waals surface area contributed by atoms with E-state index in [9.17, 15) is 13.5 Å². The lowest BCUT2D eigenvalue weighted by atomic mass is 10.1. The molecule has 0 saturated carbocycles. The molecule has 1 unspecified atom stereocenters. The maximum absolute atomic E-state index is 11.4. The molecule has 2 rings (SSSR count). The van der Waals surface area contributed by atoms with Gasteiger partial charge in [-0.3, -0.25) is 4.90 Å². The van der Waals surface area contributed by atoms with Gasteiger partial charge in [-0.05, 0) is 33.6 Å². The Morgan fingerprint density at radius 3 is 2.58 bits per heavy atom. The largest absolute Gasteiger partial charge is 0.496 e. The van der Waals surface area contributed by atoms with Gasteiger partial charge in [0.25, 0.3) is 0 Å². The van der Waals surface area contributed by atoms with Crippen molar-refractivity contribution in [3.05, 3.63) is 28.2 Å². The van der Waals surface area contributed by atoms with Crippen LogP contribution in [0.5, 0.6) is 5.75 Å². The number of halogens is 1. The lowest BCUT2D eigenvalue weighted by molar-refractivity contribution is 0.00767. The number of rotatable bonds is 3. The Kier molecular flexibility index (Phi) is 4.50. The highest BCUT2D eigenvalue weighted by Crippen LogP contribution is 2.29. The molecule has 1 heterocycles. The van der Waals surface area contributed by atoms with E-state index in [0.717, 1.165) is 4.47 Å². The number of nitrogens with zero attached hydrogens (tertiary/aromatic N) is 1. The van der Waals surface area contributed by atoms with Gasteiger partial charge in [0.05, 0.1) is 23.1 Å². The van der Waals surface area contributed by atoms with Crippen molar-refractivity contribution in [1.29, 1.82) is 0 Å². The molecule has 0 aliphatic carbocycles. The third-order valence-electron chi connectivity index (χ3n) is 3.20. The van der Waals surface area contributed by atoms with Crippen molar-refractivity contribution in [2.45, 2.75) is 6.23 Å². The van der Waals surface area contributed by atoms with Crippen molar-refractivity contribution in [2.75, 3.05) is 31.7 Å². The van der Waals surface area contributed by atoms with Crippen molar-refractivity contribution in [3.8, 4) is 5.75 Å². The monoisotopic (exact) mass is 349 g/mol. The Balaban J connectivity index is 2.14. The van der Waals surface area contributed by atoms with Crippen LogP contribution in [0.3, 0.4) is 0 Å². The second kappa shape index (κ2) is 5.78. The van der Waals surface area contributed by atoms with Gasteiger partial charge in [-0.2, -0.15) is 0 Å². The van der Waals surface area contributed by atoms with Gasteiger partial charge < -0.3 is 9.84 Å². The quantitative estimate of drug-likeness (QED) is 0.887. The van der Waals surface area contributed by atoms with E-state index in [4.69, 9.17) is 4.74 Å². The second-order valence-corrected chi connectivity index (χ2v) is 7.61. The Morgan fingerprint density at radius 1 is 1.37 bits per heavy atom. The maximum Gasteiger partial charge on any atom is 0.152 e. The molecule has 1 aliphatic rings. The first-order valence-electron chi connectivity index (χ1n) is 5.89. The zero-order valence-corrected chi connectivity index (χ0v) is 12.9. The number of hydrogen-bond acceptors (Lipinski definition) is 5. The van der Waals surface area contributed by atoms with Gasteiger partial charge in [-0.1, -0.05) is 6.07 Å². The van der Waals surface area contributed by atoms with Crippen LogP contribution in [0.25, 0.3) is 0 Å². The average molecular weight is 350 g/mol. The summed E-state index contributed by atoms with van der Waals surface area (Å²) in [4.78, 5) is 1.75. The Morgan fingerprint density at radius 2 is 2.00 bits per heavy atom. The summed E-state index contributed by atoms with van der Waals surface area (Å²) in [5, 5.41) is 10.3. The van der Waals surface area contributed by atoms with Crippen LogP contribution in [0.2, 0.25) is 0 Å². The van der Waals surface area contributed by atoms with Crippen molar-refractivity contribution >= 4 is 25.8 Å². The first-order chi connectivity index (χ1) is 8.93. The number of aliphatic hydroxyl groups excluding tert-OH is 1. The minimum atomic E-state index is -2.94. The van der Waals surface area contributed by atoms with Crippen molar-refractivity contribution in [2.24, 2.45) is 0 Å². The highest BCUT2D eigenvalue weighted by atomic mass is 79.9. The number of benzene rings is 1. The molecule has 106 valence electrons. The van der Waals surface area contributed by atoms with Gasteiger partial charge in [-0.25, -0.2) is 8.42 Å². The van der Waals surface area contributed by atoms with Crippen LogP contribution in [0.1, 0.15) is 11.8 Å². The first kappa shape index (κ1) is 14.8. The Hall–Kier alpha value is -0.630. The van der Waals surface area contributed by atoms with Gasteiger partial charge in [0, 0.05) is 13.1 Å². The maximum atomic E-state index is 11.4. The minimum absolute atomic E-state index is 0.0950.